The number of hydrogen-bond acceptors (Lipinski definition) is 4. The number of anilines is 2. The largest absolute Gasteiger partial charge is 0.489 e. The highest BCUT2D eigenvalue weighted by Crippen LogP contribution is 2.30. The van der Waals surface area contributed by atoms with Crippen molar-refractivity contribution in [3.63, 3.8) is 0 Å². The summed E-state index contributed by atoms with van der Waals surface area (Å²) in [7, 11) is 0. The summed E-state index contributed by atoms with van der Waals surface area (Å²) in [5.41, 5.74) is 7.76. The summed E-state index contributed by atoms with van der Waals surface area (Å²) in [5.74, 6) is 2.97. The predicted octanol–water partition coefficient (Wildman–Crippen LogP) is 3.61. The normalized spacial score (nSPS) is 12.5. The Kier molecular flexibility index (Phi) is 6.19. The first kappa shape index (κ1) is 15.0. The SMILES string of the molecule is CCSCC(C)Nc1cccc(OC(C)C)c1N. The summed E-state index contributed by atoms with van der Waals surface area (Å²) < 4.78 is 5.68. The molecular weight excluding hydrogens is 244 g/mol. The molecule has 1 unspecified atom stereocenters. The standard InChI is InChI=1S/C14H24N2OS/c1-5-18-9-11(4)16-12-7-6-8-13(14(12)15)17-10(2)3/h6-8,10-11,16H,5,9,15H2,1-4H3. The Hall–Kier alpha value is -1.03. The Labute approximate surface area is 114 Å². The van der Waals surface area contributed by atoms with Crippen LogP contribution >= 0.6 is 11.8 Å². The molecule has 0 saturated carbocycles. The zero-order valence-electron chi connectivity index (χ0n) is 11.7. The Morgan fingerprint density at radius 3 is 2.67 bits per heavy atom. The fourth-order valence-electron chi connectivity index (χ4n) is 1.63. The summed E-state index contributed by atoms with van der Waals surface area (Å²) in [5, 5.41) is 3.43. The van der Waals surface area contributed by atoms with Crippen molar-refractivity contribution in [3.8, 4) is 5.75 Å². The molecule has 1 aromatic carbocycles. The molecule has 1 aromatic rings. The molecular formula is C14H24N2OS. The van der Waals surface area contributed by atoms with Gasteiger partial charge in [0, 0.05) is 11.8 Å². The lowest BCUT2D eigenvalue weighted by atomic mass is 10.2. The van der Waals surface area contributed by atoms with Gasteiger partial charge in [0.25, 0.3) is 0 Å². The second kappa shape index (κ2) is 7.41. The van der Waals surface area contributed by atoms with E-state index in [9.17, 15) is 0 Å². The van der Waals surface area contributed by atoms with Crippen LogP contribution in [0.3, 0.4) is 0 Å². The monoisotopic (exact) mass is 268 g/mol. The number of nitrogen functional groups attached to an aromatic ring is 1. The number of nitrogens with one attached hydrogen (secondary N) is 1. The molecule has 0 heterocycles. The van der Waals surface area contributed by atoms with E-state index in [-0.39, 0.29) is 6.10 Å². The number of ether oxygens (including phenoxy) is 1. The van der Waals surface area contributed by atoms with Crippen LogP contribution in [0.2, 0.25) is 0 Å². The minimum atomic E-state index is 0.135. The van der Waals surface area contributed by atoms with E-state index < -0.39 is 0 Å². The average molecular weight is 268 g/mol. The number of rotatable bonds is 7. The Bertz CT molecular complexity index is 369. The van der Waals surface area contributed by atoms with Crippen molar-refractivity contribution in [2.24, 2.45) is 0 Å². The first-order valence-electron chi connectivity index (χ1n) is 6.44. The maximum Gasteiger partial charge on any atom is 0.144 e. The molecule has 0 saturated heterocycles. The molecule has 1 rings (SSSR count). The lowest BCUT2D eigenvalue weighted by Crippen LogP contribution is -2.19. The van der Waals surface area contributed by atoms with Gasteiger partial charge in [0.05, 0.1) is 17.5 Å². The van der Waals surface area contributed by atoms with Gasteiger partial charge in [-0.3, -0.25) is 0 Å². The second-order valence-corrected chi connectivity index (χ2v) is 5.91. The van der Waals surface area contributed by atoms with Crippen molar-refractivity contribution in [1.29, 1.82) is 0 Å². The van der Waals surface area contributed by atoms with Crippen LogP contribution in [0.25, 0.3) is 0 Å². The van der Waals surface area contributed by atoms with Gasteiger partial charge in [0.2, 0.25) is 0 Å². The second-order valence-electron chi connectivity index (χ2n) is 4.59. The molecule has 0 aliphatic heterocycles. The molecule has 4 heteroatoms. The zero-order chi connectivity index (χ0) is 13.5. The van der Waals surface area contributed by atoms with Crippen LogP contribution in [-0.2, 0) is 0 Å². The minimum Gasteiger partial charge on any atom is -0.489 e. The van der Waals surface area contributed by atoms with Crippen molar-refractivity contribution in [2.75, 3.05) is 22.6 Å². The Balaban J connectivity index is 2.71. The average Bonchev–Trinajstić information content (AvgIpc) is 2.31. The third kappa shape index (κ3) is 4.69. The maximum atomic E-state index is 6.11. The van der Waals surface area contributed by atoms with Gasteiger partial charge in [0.1, 0.15) is 5.75 Å². The van der Waals surface area contributed by atoms with Crippen LogP contribution in [0, 0.1) is 0 Å². The van der Waals surface area contributed by atoms with E-state index in [1.165, 1.54) is 0 Å². The number of hydrogen-bond donors (Lipinski definition) is 2. The molecule has 0 amide bonds. The molecule has 0 fully saturated rings. The molecule has 1 atom stereocenters. The Morgan fingerprint density at radius 1 is 1.33 bits per heavy atom. The molecule has 0 radical (unpaired) electrons. The number of thioether (sulfide) groups is 1. The maximum absolute atomic E-state index is 6.11. The molecule has 18 heavy (non-hydrogen) atoms. The van der Waals surface area contributed by atoms with Gasteiger partial charge in [-0.15, -0.1) is 0 Å². The molecule has 3 N–H and O–H groups in total. The van der Waals surface area contributed by atoms with E-state index in [0.29, 0.717) is 11.7 Å². The lowest BCUT2D eigenvalue weighted by molar-refractivity contribution is 0.244. The van der Waals surface area contributed by atoms with Crippen LogP contribution in [-0.4, -0.2) is 23.7 Å². The lowest BCUT2D eigenvalue weighted by Gasteiger charge is -2.19. The topological polar surface area (TPSA) is 47.3 Å². The zero-order valence-corrected chi connectivity index (χ0v) is 12.5. The summed E-state index contributed by atoms with van der Waals surface area (Å²) >= 11 is 1.92. The number of nitrogens with two attached hydrogens (primary N) is 1. The van der Waals surface area contributed by atoms with E-state index in [1.54, 1.807) is 0 Å². The van der Waals surface area contributed by atoms with Gasteiger partial charge in [-0.2, -0.15) is 11.8 Å². The van der Waals surface area contributed by atoms with Crippen molar-refractivity contribution in [3.05, 3.63) is 18.2 Å². The summed E-state index contributed by atoms with van der Waals surface area (Å²) in [6.07, 6.45) is 0.135. The third-order valence-electron chi connectivity index (χ3n) is 2.40. The first-order chi connectivity index (χ1) is 8.54. The first-order valence-corrected chi connectivity index (χ1v) is 7.59. The van der Waals surface area contributed by atoms with Gasteiger partial charge < -0.3 is 15.8 Å². The fraction of sp³-hybridized carbons (Fsp3) is 0.571. The van der Waals surface area contributed by atoms with Crippen LogP contribution in [0.15, 0.2) is 18.2 Å². The molecule has 0 bridgehead atoms. The van der Waals surface area contributed by atoms with Crippen LogP contribution in [0.1, 0.15) is 27.7 Å². The minimum absolute atomic E-state index is 0.135. The summed E-state index contributed by atoms with van der Waals surface area (Å²) in [6, 6.07) is 6.27. The van der Waals surface area contributed by atoms with Crippen LogP contribution in [0.5, 0.6) is 5.75 Å². The van der Waals surface area contributed by atoms with E-state index in [4.69, 9.17) is 10.5 Å². The predicted molar refractivity (Wildman–Crippen MR) is 82.7 cm³/mol. The molecule has 0 spiro atoms. The summed E-state index contributed by atoms with van der Waals surface area (Å²) in [6.45, 7) is 8.33. The molecule has 3 nitrogen and oxygen atoms in total. The highest BCUT2D eigenvalue weighted by molar-refractivity contribution is 7.99. The van der Waals surface area contributed by atoms with E-state index >= 15 is 0 Å². The molecule has 0 aromatic heterocycles. The van der Waals surface area contributed by atoms with E-state index in [2.05, 4.69) is 19.2 Å². The Morgan fingerprint density at radius 2 is 2.06 bits per heavy atom. The number of benzene rings is 1. The van der Waals surface area contributed by atoms with Crippen molar-refractivity contribution >= 4 is 23.1 Å². The van der Waals surface area contributed by atoms with Gasteiger partial charge >= 0.3 is 0 Å². The van der Waals surface area contributed by atoms with Crippen molar-refractivity contribution < 1.29 is 4.74 Å². The van der Waals surface area contributed by atoms with Gasteiger partial charge in [-0.05, 0) is 38.7 Å². The highest BCUT2D eigenvalue weighted by Gasteiger charge is 2.09. The molecule has 102 valence electrons. The van der Waals surface area contributed by atoms with Gasteiger partial charge in [-0.25, -0.2) is 0 Å². The van der Waals surface area contributed by atoms with Gasteiger partial charge in [-0.1, -0.05) is 13.0 Å². The van der Waals surface area contributed by atoms with Crippen LogP contribution < -0.4 is 15.8 Å². The van der Waals surface area contributed by atoms with Crippen molar-refractivity contribution in [2.45, 2.75) is 39.8 Å². The molecule has 0 aliphatic rings. The highest BCUT2D eigenvalue weighted by atomic mass is 32.2. The fourth-order valence-corrected chi connectivity index (χ4v) is 2.30. The third-order valence-corrected chi connectivity index (χ3v) is 3.55. The number of para-hydroxylation sites is 1. The molecule has 0 aliphatic carbocycles. The van der Waals surface area contributed by atoms with Gasteiger partial charge in [0.15, 0.2) is 0 Å². The van der Waals surface area contributed by atoms with E-state index in [1.807, 2.05) is 43.8 Å². The van der Waals surface area contributed by atoms with Crippen molar-refractivity contribution in [1.82, 2.24) is 0 Å². The summed E-state index contributed by atoms with van der Waals surface area (Å²) in [4.78, 5) is 0. The smallest absolute Gasteiger partial charge is 0.144 e. The quantitative estimate of drug-likeness (QED) is 0.742. The van der Waals surface area contributed by atoms with Crippen LogP contribution in [0.4, 0.5) is 11.4 Å². The van der Waals surface area contributed by atoms with E-state index in [0.717, 1.165) is 22.9 Å².